The first-order valence-electron chi connectivity index (χ1n) is 4.84. The summed E-state index contributed by atoms with van der Waals surface area (Å²) in [5.41, 5.74) is 0. The second kappa shape index (κ2) is 5.51. The lowest BCUT2D eigenvalue weighted by atomic mass is 10.3. The number of nitrogens with one attached hydrogen (secondary N) is 1. The highest BCUT2D eigenvalue weighted by Gasteiger charge is 2.19. The van der Waals surface area contributed by atoms with E-state index in [0.717, 1.165) is 12.1 Å². The van der Waals surface area contributed by atoms with E-state index in [-0.39, 0.29) is 5.82 Å². The van der Waals surface area contributed by atoms with Gasteiger partial charge in [0.2, 0.25) is 0 Å². The Kier molecular flexibility index (Phi) is 4.16. The van der Waals surface area contributed by atoms with E-state index in [2.05, 4.69) is 46.5 Å². The van der Waals surface area contributed by atoms with Crippen LogP contribution in [-0.2, 0) is 10.0 Å². The van der Waals surface area contributed by atoms with Gasteiger partial charge in [0.05, 0.1) is 12.4 Å². The predicted octanol–water partition coefficient (Wildman–Crippen LogP) is 2.94. The average Bonchev–Trinajstić information content (AvgIpc) is 2.31. The third-order valence-corrected chi connectivity index (χ3v) is 4.33. The molecule has 0 radical (unpaired) electrons. The van der Waals surface area contributed by atoms with Crippen LogP contribution in [0.15, 0.2) is 44.6 Å². The number of hydrogen-bond donors (Lipinski definition) is 1. The van der Waals surface area contributed by atoms with Crippen LogP contribution >= 0.6 is 31.9 Å². The Labute approximate surface area is 125 Å². The van der Waals surface area contributed by atoms with Gasteiger partial charge in [-0.2, -0.15) is 0 Å². The van der Waals surface area contributed by atoms with Gasteiger partial charge in [-0.15, -0.1) is 0 Å². The summed E-state index contributed by atoms with van der Waals surface area (Å²) >= 11 is 6.13. The summed E-state index contributed by atoms with van der Waals surface area (Å²) < 4.78 is 40.6. The number of rotatable bonds is 3. The van der Waals surface area contributed by atoms with Gasteiger partial charge in [0.15, 0.2) is 5.82 Å². The lowest BCUT2D eigenvalue weighted by molar-refractivity contribution is 0.569. The smallest absolute Gasteiger partial charge is 0.262 e. The molecule has 0 unspecified atom stereocenters. The van der Waals surface area contributed by atoms with Crippen molar-refractivity contribution in [1.29, 1.82) is 0 Å². The van der Waals surface area contributed by atoms with E-state index in [4.69, 9.17) is 0 Å². The van der Waals surface area contributed by atoms with Crippen LogP contribution < -0.4 is 4.72 Å². The molecule has 0 amide bonds. The molecule has 1 aromatic heterocycles. The van der Waals surface area contributed by atoms with E-state index in [1.807, 2.05) is 0 Å². The van der Waals surface area contributed by atoms with Crippen molar-refractivity contribution in [1.82, 2.24) is 9.97 Å². The molecule has 1 heterocycles. The molecule has 1 N–H and O–H groups in total. The van der Waals surface area contributed by atoms with Crippen molar-refractivity contribution in [2.45, 2.75) is 4.90 Å². The maximum Gasteiger partial charge on any atom is 0.266 e. The van der Waals surface area contributed by atoms with Crippen molar-refractivity contribution < 1.29 is 12.8 Å². The zero-order valence-corrected chi connectivity index (χ0v) is 13.1. The van der Waals surface area contributed by atoms with Crippen molar-refractivity contribution in [2.75, 3.05) is 4.72 Å². The first-order valence-corrected chi connectivity index (χ1v) is 7.91. The Morgan fingerprint density at radius 1 is 1.16 bits per heavy atom. The maximum absolute atomic E-state index is 13.6. The van der Waals surface area contributed by atoms with Crippen LogP contribution in [0.3, 0.4) is 0 Å². The van der Waals surface area contributed by atoms with E-state index in [9.17, 15) is 12.8 Å². The fourth-order valence-electron chi connectivity index (χ4n) is 1.25. The molecule has 5 nitrogen and oxygen atoms in total. The highest BCUT2D eigenvalue weighted by atomic mass is 79.9. The van der Waals surface area contributed by atoms with Crippen molar-refractivity contribution in [3.63, 3.8) is 0 Å². The van der Waals surface area contributed by atoms with Crippen LogP contribution in [0.4, 0.5) is 10.2 Å². The summed E-state index contributed by atoms with van der Waals surface area (Å²) in [7, 11) is -4.04. The van der Waals surface area contributed by atoms with Crippen molar-refractivity contribution >= 4 is 47.7 Å². The maximum atomic E-state index is 13.6. The van der Waals surface area contributed by atoms with Crippen LogP contribution in [-0.4, -0.2) is 18.4 Å². The van der Waals surface area contributed by atoms with Crippen LogP contribution in [0.2, 0.25) is 0 Å². The topological polar surface area (TPSA) is 72.0 Å². The first kappa shape index (κ1) is 14.4. The van der Waals surface area contributed by atoms with Gasteiger partial charge in [0, 0.05) is 4.47 Å². The zero-order chi connectivity index (χ0) is 14.0. The Morgan fingerprint density at radius 2 is 1.89 bits per heavy atom. The SMILES string of the molecule is O=S(=O)(Nc1cnc(Br)cn1)c1ccc(Br)cc1F. The lowest BCUT2D eigenvalue weighted by Gasteiger charge is -2.08. The standard InChI is InChI=1S/C10H6Br2FN3O2S/c11-6-1-2-8(7(13)3-6)19(17,18)16-10-5-14-9(12)4-15-10/h1-5H,(H,15,16). The van der Waals surface area contributed by atoms with Gasteiger partial charge in [0.25, 0.3) is 10.0 Å². The van der Waals surface area contributed by atoms with Gasteiger partial charge < -0.3 is 0 Å². The molecule has 0 aliphatic rings. The number of aromatic nitrogens is 2. The quantitative estimate of drug-likeness (QED) is 0.844. The first-order chi connectivity index (χ1) is 8.88. The summed E-state index contributed by atoms with van der Waals surface area (Å²) in [6.07, 6.45) is 2.55. The monoisotopic (exact) mass is 409 g/mol. The largest absolute Gasteiger partial charge is 0.266 e. The fourth-order valence-corrected chi connectivity index (χ4v) is 2.84. The summed E-state index contributed by atoms with van der Waals surface area (Å²) in [5, 5.41) is 0. The number of halogens is 3. The molecule has 0 saturated heterocycles. The fraction of sp³-hybridized carbons (Fsp3) is 0. The molecule has 0 fully saturated rings. The second-order valence-electron chi connectivity index (χ2n) is 3.40. The molecule has 1 aromatic carbocycles. The molecule has 0 atom stereocenters. The Morgan fingerprint density at radius 3 is 2.47 bits per heavy atom. The second-order valence-corrected chi connectivity index (χ2v) is 6.78. The minimum atomic E-state index is -4.04. The van der Waals surface area contributed by atoms with Crippen molar-refractivity contribution in [2.24, 2.45) is 0 Å². The molecule has 0 bridgehead atoms. The van der Waals surface area contributed by atoms with E-state index in [0.29, 0.717) is 9.08 Å². The molecule has 0 aliphatic heterocycles. The summed E-state index contributed by atoms with van der Waals surface area (Å²) in [5.74, 6) is -0.850. The van der Waals surface area contributed by atoms with E-state index >= 15 is 0 Å². The third kappa shape index (κ3) is 3.48. The molecule has 19 heavy (non-hydrogen) atoms. The number of benzene rings is 1. The van der Waals surface area contributed by atoms with E-state index < -0.39 is 20.7 Å². The molecular formula is C10H6Br2FN3O2S. The molecule has 0 saturated carbocycles. The van der Waals surface area contributed by atoms with E-state index in [1.165, 1.54) is 18.5 Å². The molecule has 0 aliphatic carbocycles. The van der Waals surface area contributed by atoms with Gasteiger partial charge in [-0.25, -0.2) is 22.8 Å². The molecule has 9 heteroatoms. The number of sulfonamides is 1. The minimum absolute atomic E-state index is 0.00511. The van der Waals surface area contributed by atoms with Crippen molar-refractivity contribution in [3.05, 3.63) is 45.5 Å². The van der Waals surface area contributed by atoms with E-state index in [1.54, 1.807) is 0 Å². The third-order valence-electron chi connectivity index (χ3n) is 2.04. The van der Waals surface area contributed by atoms with Gasteiger partial charge in [-0.3, -0.25) is 4.72 Å². The lowest BCUT2D eigenvalue weighted by Crippen LogP contribution is -2.15. The van der Waals surface area contributed by atoms with Crippen LogP contribution in [0.5, 0.6) is 0 Å². The zero-order valence-electron chi connectivity index (χ0n) is 9.14. The Hall–Kier alpha value is -1.06. The van der Waals surface area contributed by atoms with Crippen LogP contribution in [0, 0.1) is 5.82 Å². The Balaban J connectivity index is 2.35. The van der Waals surface area contributed by atoms with Crippen LogP contribution in [0.25, 0.3) is 0 Å². The molecule has 100 valence electrons. The predicted molar refractivity (Wildman–Crippen MR) is 74.6 cm³/mol. The normalized spacial score (nSPS) is 11.3. The summed E-state index contributed by atoms with van der Waals surface area (Å²) in [4.78, 5) is 7.17. The molecule has 2 rings (SSSR count). The van der Waals surface area contributed by atoms with Crippen LogP contribution in [0.1, 0.15) is 0 Å². The number of anilines is 1. The minimum Gasteiger partial charge on any atom is -0.262 e. The van der Waals surface area contributed by atoms with Gasteiger partial charge >= 0.3 is 0 Å². The van der Waals surface area contributed by atoms with Gasteiger partial charge in [0.1, 0.15) is 15.3 Å². The Bertz CT molecular complexity index is 707. The molecule has 0 spiro atoms. The van der Waals surface area contributed by atoms with Gasteiger partial charge in [-0.05, 0) is 34.1 Å². The average molecular weight is 411 g/mol. The number of hydrogen-bond acceptors (Lipinski definition) is 4. The van der Waals surface area contributed by atoms with Crippen molar-refractivity contribution in [3.8, 4) is 0 Å². The highest BCUT2D eigenvalue weighted by molar-refractivity contribution is 9.10. The molecular weight excluding hydrogens is 405 g/mol. The molecule has 2 aromatic rings. The van der Waals surface area contributed by atoms with Gasteiger partial charge in [-0.1, -0.05) is 15.9 Å². The summed E-state index contributed by atoms with van der Waals surface area (Å²) in [6, 6.07) is 3.67. The number of nitrogens with zero attached hydrogens (tertiary/aromatic N) is 2. The highest BCUT2D eigenvalue weighted by Crippen LogP contribution is 2.21. The summed E-state index contributed by atoms with van der Waals surface area (Å²) in [6.45, 7) is 0.